The largest absolute Gasteiger partial charge is 0.344 e. The SMILES string of the molecule is CC(NC(=O)c1ccc(C#N)cn1)c1ccsc1. The summed E-state index contributed by atoms with van der Waals surface area (Å²) in [5.41, 5.74) is 1.83. The van der Waals surface area contributed by atoms with Crippen LogP contribution >= 0.6 is 11.3 Å². The minimum Gasteiger partial charge on any atom is -0.344 e. The molecule has 0 saturated carbocycles. The molecule has 1 N–H and O–H groups in total. The smallest absolute Gasteiger partial charge is 0.270 e. The van der Waals surface area contributed by atoms with E-state index in [1.807, 2.05) is 29.8 Å². The normalized spacial score (nSPS) is 11.6. The summed E-state index contributed by atoms with van der Waals surface area (Å²) in [6.45, 7) is 1.92. The Kier molecular flexibility index (Phi) is 3.70. The van der Waals surface area contributed by atoms with Crippen LogP contribution in [0, 0.1) is 11.3 Å². The van der Waals surface area contributed by atoms with Gasteiger partial charge in [-0.1, -0.05) is 0 Å². The molecule has 5 heteroatoms. The highest BCUT2D eigenvalue weighted by atomic mass is 32.1. The van der Waals surface area contributed by atoms with E-state index in [-0.39, 0.29) is 11.9 Å². The summed E-state index contributed by atoms with van der Waals surface area (Å²) in [5.74, 6) is -0.238. The topological polar surface area (TPSA) is 65.8 Å². The molecule has 0 aliphatic carbocycles. The van der Waals surface area contributed by atoms with Crippen molar-refractivity contribution in [3.8, 4) is 6.07 Å². The molecule has 0 aromatic carbocycles. The van der Waals surface area contributed by atoms with Crippen molar-refractivity contribution in [2.45, 2.75) is 13.0 Å². The highest BCUT2D eigenvalue weighted by Crippen LogP contribution is 2.15. The van der Waals surface area contributed by atoms with Crippen LogP contribution in [0.1, 0.15) is 34.6 Å². The number of carbonyl (C=O) groups excluding carboxylic acids is 1. The molecule has 0 spiro atoms. The molecule has 0 aliphatic rings. The van der Waals surface area contributed by atoms with Crippen LogP contribution < -0.4 is 5.32 Å². The molecule has 2 rings (SSSR count). The number of pyridine rings is 1. The fraction of sp³-hybridized carbons (Fsp3) is 0.154. The van der Waals surface area contributed by atoms with Crippen LogP contribution in [0.2, 0.25) is 0 Å². The fourth-order valence-corrected chi connectivity index (χ4v) is 2.22. The zero-order valence-electron chi connectivity index (χ0n) is 9.75. The second-order valence-corrected chi connectivity index (χ2v) is 4.58. The maximum atomic E-state index is 11.9. The van der Waals surface area contributed by atoms with Crippen molar-refractivity contribution < 1.29 is 4.79 Å². The first-order valence-corrected chi connectivity index (χ1v) is 6.34. The van der Waals surface area contributed by atoms with Crippen molar-refractivity contribution in [1.29, 1.82) is 5.26 Å². The van der Waals surface area contributed by atoms with Gasteiger partial charge in [-0.25, -0.2) is 4.98 Å². The van der Waals surface area contributed by atoms with Crippen molar-refractivity contribution in [2.24, 2.45) is 0 Å². The monoisotopic (exact) mass is 257 g/mol. The maximum Gasteiger partial charge on any atom is 0.270 e. The molecule has 4 nitrogen and oxygen atoms in total. The molecule has 2 aromatic rings. The summed E-state index contributed by atoms with van der Waals surface area (Å²) >= 11 is 1.59. The number of nitriles is 1. The first-order chi connectivity index (χ1) is 8.70. The molecule has 0 bridgehead atoms. The van der Waals surface area contributed by atoms with Crippen LogP contribution in [-0.2, 0) is 0 Å². The van der Waals surface area contributed by atoms with Gasteiger partial charge in [0, 0.05) is 6.20 Å². The lowest BCUT2D eigenvalue weighted by molar-refractivity contribution is 0.0935. The van der Waals surface area contributed by atoms with Gasteiger partial charge in [0.25, 0.3) is 5.91 Å². The van der Waals surface area contributed by atoms with Gasteiger partial charge in [-0.15, -0.1) is 0 Å². The highest BCUT2D eigenvalue weighted by molar-refractivity contribution is 7.07. The van der Waals surface area contributed by atoms with Crippen LogP contribution in [0.25, 0.3) is 0 Å². The fourth-order valence-electron chi connectivity index (χ4n) is 1.47. The number of nitrogens with zero attached hydrogens (tertiary/aromatic N) is 2. The third-order valence-electron chi connectivity index (χ3n) is 2.52. The second-order valence-electron chi connectivity index (χ2n) is 3.80. The summed E-state index contributed by atoms with van der Waals surface area (Å²) in [6.07, 6.45) is 1.39. The van der Waals surface area contributed by atoms with Crippen molar-refractivity contribution in [3.63, 3.8) is 0 Å². The molecule has 0 aliphatic heterocycles. The Morgan fingerprint density at radius 3 is 2.89 bits per heavy atom. The van der Waals surface area contributed by atoms with Gasteiger partial charge < -0.3 is 5.32 Å². The maximum absolute atomic E-state index is 11.9. The Labute approximate surface area is 109 Å². The van der Waals surface area contributed by atoms with Crippen LogP contribution in [0.3, 0.4) is 0 Å². The number of aromatic nitrogens is 1. The summed E-state index contributed by atoms with van der Waals surface area (Å²) < 4.78 is 0. The van der Waals surface area contributed by atoms with Crippen molar-refractivity contribution in [3.05, 3.63) is 52.0 Å². The van der Waals surface area contributed by atoms with Gasteiger partial charge in [0.15, 0.2) is 0 Å². The lowest BCUT2D eigenvalue weighted by atomic mass is 10.2. The average molecular weight is 257 g/mol. The minimum atomic E-state index is -0.238. The lowest BCUT2D eigenvalue weighted by Gasteiger charge is -2.11. The Hall–Kier alpha value is -2.19. The van der Waals surface area contributed by atoms with E-state index in [4.69, 9.17) is 5.26 Å². The molecule has 0 saturated heterocycles. The summed E-state index contributed by atoms with van der Waals surface area (Å²) in [5, 5.41) is 15.5. The quantitative estimate of drug-likeness (QED) is 0.918. The molecule has 1 unspecified atom stereocenters. The van der Waals surface area contributed by atoms with Gasteiger partial charge in [-0.05, 0) is 41.4 Å². The van der Waals surface area contributed by atoms with Crippen LogP contribution in [-0.4, -0.2) is 10.9 Å². The number of rotatable bonds is 3. The number of amides is 1. The minimum absolute atomic E-state index is 0.0545. The van der Waals surface area contributed by atoms with Gasteiger partial charge in [-0.3, -0.25) is 4.79 Å². The van der Waals surface area contributed by atoms with Gasteiger partial charge in [-0.2, -0.15) is 16.6 Å². The van der Waals surface area contributed by atoms with E-state index in [9.17, 15) is 4.79 Å². The number of hydrogen-bond acceptors (Lipinski definition) is 4. The Balaban J connectivity index is 2.05. The van der Waals surface area contributed by atoms with E-state index in [1.165, 1.54) is 6.20 Å². The van der Waals surface area contributed by atoms with E-state index in [0.717, 1.165) is 5.56 Å². The van der Waals surface area contributed by atoms with E-state index in [2.05, 4.69) is 10.3 Å². The van der Waals surface area contributed by atoms with Crippen LogP contribution in [0.4, 0.5) is 0 Å². The first kappa shape index (κ1) is 12.3. The molecule has 0 fully saturated rings. The van der Waals surface area contributed by atoms with Crippen molar-refractivity contribution >= 4 is 17.2 Å². The third kappa shape index (κ3) is 2.73. The Morgan fingerprint density at radius 1 is 1.50 bits per heavy atom. The molecule has 0 radical (unpaired) electrons. The zero-order chi connectivity index (χ0) is 13.0. The molecule has 2 heterocycles. The van der Waals surface area contributed by atoms with E-state index >= 15 is 0 Å². The number of nitrogens with one attached hydrogen (secondary N) is 1. The number of carbonyl (C=O) groups is 1. The van der Waals surface area contributed by atoms with Crippen LogP contribution in [0.15, 0.2) is 35.2 Å². The summed E-state index contributed by atoms with van der Waals surface area (Å²) in [6, 6.07) is 7.01. The second kappa shape index (κ2) is 5.43. The van der Waals surface area contributed by atoms with E-state index < -0.39 is 0 Å². The Bertz CT molecular complexity index is 569. The van der Waals surface area contributed by atoms with Crippen molar-refractivity contribution in [1.82, 2.24) is 10.3 Å². The molecular weight excluding hydrogens is 246 g/mol. The number of hydrogen-bond donors (Lipinski definition) is 1. The van der Waals surface area contributed by atoms with Gasteiger partial charge in [0.05, 0.1) is 11.6 Å². The molecule has 18 heavy (non-hydrogen) atoms. The van der Waals surface area contributed by atoms with E-state index in [0.29, 0.717) is 11.3 Å². The molecule has 1 atom stereocenters. The third-order valence-corrected chi connectivity index (χ3v) is 3.22. The summed E-state index contributed by atoms with van der Waals surface area (Å²) in [7, 11) is 0. The number of thiophene rings is 1. The predicted octanol–water partition coefficient (Wildman–Crippen LogP) is 2.51. The lowest BCUT2D eigenvalue weighted by Crippen LogP contribution is -2.27. The zero-order valence-corrected chi connectivity index (χ0v) is 10.6. The summed E-state index contributed by atoms with van der Waals surface area (Å²) in [4.78, 5) is 15.8. The van der Waals surface area contributed by atoms with Crippen molar-refractivity contribution in [2.75, 3.05) is 0 Å². The highest BCUT2D eigenvalue weighted by Gasteiger charge is 2.12. The van der Waals surface area contributed by atoms with Crippen LogP contribution in [0.5, 0.6) is 0 Å². The van der Waals surface area contributed by atoms with E-state index in [1.54, 1.807) is 23.5 Å². The van der Waals surface area contributed by atoms with Gasteiger partial charge >= 0.3 is 0 Å². The average Bonchev–Trinajstić information content (AvgIpc) is 2.92. The first-order valence-electron chi connectivity index (χ1n) is 5.40. The molecule has 90 valence electrons. The molecule has 1 amide bonds. The molecule has 2 aromatic heterocycles. The Morgan fingerprint density at radius 2 is 2.33 bits per heavy atom. The van der Waals surface area contributed by atoms with Gasteiger partial charge in [0.2, 0.25) is 0 Å². The standard InChI is InChI=1S/C13H11N3OS/c1-9(11-4-5-18-8-11)16-13(17)12-3-2-10(6-14)7-15-12/h2-5,7-9H,1H3,(H,16,17). The predicted molar refractivity (Wildman–Crippen MR) is 69.2 cm³/mol. The van der Waals surface area contributed by atoms with Gasteiger partial charge in [0.1, 0.15) is 11.8 Å². The molecular formula is C13H11N3OS.